The van der Waals surface area contributed by atoms with Crippen LogP contribution in [0.1, 0.15) is 53.0 Å². The fourth-order valence-corrected chi connectivity index (χ4v) is 4.59. The van der Waals surface area contributed by atoms with Crippen LogP contribution in [0.25, 0.3) is 0 Å². The molecule has 0 bridgehead atoms. The van der Waals surface area contributed by atoms with Crippen LogP contribution in [-0.2, 0) is 9.59 Å². The third-order valence-electron chi connectivity index (χ3n) is 6.40. The maximum Gasteiger partial charge on any atom is 0.273 e. The topological polar surface area (TPSA) is 74.8 Å². The summed E-state index contributed by atoms with van der Waals surface area (Å²) in [7, 11) is 0. The van der Waals surface area contributed by atoms with Crippen LogP contribution in [-0.4, -0.2) is 39.6 Å². The number of aryl methyl sites for hydroxylation is 1. The highest BCUT2D eigenvalue weighted by molar-refractivity contribution is 6.30. The number of hydrazine groups is 1. The molecule has 0 spiro atoms. The summed E-state index contributed by atoms with van der Waals surface area (Å²) in [5, 5.41) is 2.39. The highest BCUT2D eigenvalue weighted by atomic mass is 35.5. The van der Waals surface area contributed by atoms with Crippen molar-refractivity contribution in [2.45, 2.75) is 39.7 Å². The number of amides is 3. The van der Waals surface area contributed by atoms with Gasteiger partial charge in [0.1, 0.15) is 6.04 Å². The number of fused-ring (bicyclic) bond motifs is 1. The fourth-order valence-electron chi connectivity index (χ4n) is 4.47. The van der Waals surface area contributed by atoms with Crippen molar-refractivity contribution in [3.05, 3.63) is 81.9 Å². The summed E-state index contributed by atoms with van der Waals surface area (Å²) in [6.07, 6.45) is 2.87. The van der Waals surface area contributed by atoms with Gasteiger partial charge in [-0.25, -0.2) is 5.01 Å². The van der Waals surface area contributed by atoms with Gasteiger partial charge in [0.05, 0.1) is 11.8 Å². The number of halogens is 1. The second-order valence-electron chi connectivity index (χ2n) is 8.75. The maximum absolute atomic E-state index is 13.6. The van der Waals surface area contributed by atoms with E-state index in [4.69, 9.17) is 11.6 Å². The van der Waals surface area contributed by atoms with Gasteiger partial charge in [0.25, 0.3) is 17.7 Å². The zero-order chi connectivity index (χ0) is 23.9. The van der Waals surface area contributed by atoms with Crippen LogP contribution >= 0.6 is 11.6 Å². The molecule has 7 heteroatoms. The molecule has 1 fully saturated rings. The van der Waals surface area contributed by atoms with Gasteiger partial charge in [-0.1, -0.05) is 53.1 Å². The van der Waals surface area contributed by atoms with Crippen molar-refractivity contribution < 1.29 is 19.2 Å². The van der Waals surface area contributed by atoms with E-state index in [9.17, 15) is 19.2 Å². The fraction of sp³-hybridized carbons (Fsp3) is 0.308. The molecule has 0 saturated carbocycles. The number of hydrogen-bond donors (Lipinski definition) is 0. The van der Waals surface area contributed by atoms with Gasteiger partial charge in [0.2, 0.25) is 0 Å². The highest BCUT2D eigenvalue weighted by Gasteiger charge is 2.53. The van der Waals surface area contributed by atoms with Crippen molar-refractivity contribution in [1.29, 1.82) is 0 Å². The Labute approximate surface area is 197 Å². The highest BCUT2D eigenvalue weighted by Crippen LogP contribution is 2.39. The summed E-state index contributed by atoms with van der Waals surface area (Å²) in [4.78, 5) is 53.7. The van der Waals surface area contributed by atoms with Gasteiger partial charge in [-0.3, -0.25) is 19.2 Å². The third-order valence-corrected chi connectivity index (χ3v) is 6.65. The lowest BCUT2D eigenvalue weighted by Gasteiger charge is -2.34. The van der Waals surface area contributed by atoms with E-state index in [0.29, 0.717) is 23.4 Å². The summed E-state index contributed by atoms with van der Waals surface area (Å²) in [6, 6.07) is 12.0. The predicted octanol–water partition coefficient (Wildman–Crippen LogP) is 4.62. The Balaban J connectivity index is 1.74. The summed E-state index contributed by atoms with van der Waals surface area (Å²) < 4.78 is 0. The molecule has 3 amide bonds. The first kappa shape index (κ1) is 22.9. The Bertz CT molecular complexity index is 1150. The average molecular weight is 465 g/mol. The second kappa shape index (κ2) is 8.94. The molecule has 1 aliphatic heterocycles. The first-order valence-corrected chi connectivity index (χ1v) is 11.3. The van der Waals surface area contributed by atoms with Crippen LogP contribution in [0.5, 0.6) is 0 Å². The number of ketones is 1. The lowest BCUT2D eigenvalue weighted by atomic mass is 9.82. The smallest absolute Gasteiger partial charge is 0.273 e. The number of rotatable bonds is 5. The lowest BCUT2D eigenvalue weighted by molar-refractivity contribution is -0.156. The van der Waals surface area contributed by atoms with Gasteiger partial charge < -0.3 is 0 Å². The number of allylic oxidation sites excluding steroid dienone is 2. The minimum absolute atomic E-state index is 0.229. The lowest BCUT2D eigenvalue weighted by Crippen LogP contribution is -2.56. The molecule has 0 N–H and O–H groups in total. The number of carbonyl (C=O) groups is 4. The average Bonchev–Trinajstić information content (AvgIpc) is 3.04. The van der Waals surface area contributed by atoms with E-state index in [2.05, 4.69) is 0 Å². The molecule has 170 valence electrons. The molecule has 1 aliphatic carbocycles. The quantitative estimate of drug-likeness (QED) is 0.367. The number of hydrogen-bond acceptors (Lipinski definition) is 4. The molecule has 0 aromatic heterocycles. The van der Waals surface area contributed by atoms with Crippen molar-refractivity contribution in [3.8, 4) is 0 Å². The minimum atomic E-state index is -1.07. The van der Waals surface area contributed by atoms with Crippen LogP contribution in [0.3, 0.4) is 0 Å². The molecule has 1 saturated heterocycles. The first-order valence-electron chi connectivity index (χ1n) is 10.9. The largest absolute Gasteiger partial charge is 0.292 e. The van der Waals surface area contributed by atoms with E-state index in [1.807, 2.05) is 19.9 Å². The minimum Gasteiger partial charge on any atom is -0.292 e. The van der Waals surface area contributed by atoms with E-state index < -0.39 is 35.6 Å². The molecular formula is C26H25ClN2O4. The molecule has 2 aliphatic rings. The molecule has 0 radical (unpaired) electrons. The molecule has 6 nitrogen and oxygen atoms in total. The Morgan fingerprint density at radius 3 is 2.15 bits per heavy atom. The molecular weight excluding hydrogens is 440 g/mol. The van der Waals surface area contributed by atoms with Gasteiger partial charge in [0, 0.05) is 16.1 Å². The molecule has 0 unspecified atom stereocenters. The zero-order valence-corrected chi connectivity index (χ0v) is 19.5. The van der Waals surface area contributed by atoms with E-state index in [1.165, 1.54) is 12.1 Å². The van der Waals surface area contributed by atoms with E-state index >= 15 is 0 Å². The first-order chi connectivity index (χ1) is 15.7. The monoisotopic (exact) mass is 464 g/mol. The predicted molar refractivity (Wildman–Crippen MR) is 124 cm³/mol. The van der Waals surface area contributed by atoms with Crippen molar-refractivity contribution in [2.24, 2.45) is 11.8 Å². The molecule has 4 rings (SSSR count). The third kappa shape index (κ3) is 4.23. The van der Waals surface area contributed by atoms with Gasteiger partial charge >= 0.3 is 0 Å². The molecule has 33 heavy (non-hydrogen) atoms. The van der Waals surface area contributed by atoms with E-state index in [1.54, 1.807) is 43.3 Å². The van der Waals surface area contributed by atoms with Crippen molar-refractivity contribution in [2.75, 3.05) is 0 Å². The van der Waals surface area contributed by atoms with Gasteiger partial charge in [-0.15, -0.1) is 0 Å². The van der Waals surface area contributed by atoms with E-state index in [0.717, 1.165) is 21.2 Å². The molecule has 3 atom stereocenters. The van der Waals surface area contributed by atoms with Crippen molar-refractivity contribution in [1.82, 2.24) is 10.0 Å². The Kier molecular flexibility index (Phi) is 6.21. The van der Waals surface area contributed by atoms with Crippen LogP contribution in [0.4, 0.5) is 0 Å². The van der Waals surface area contributed by atoms with Crippen LogP contribution < -0.4 is 0 Å². The summed E-state index contributed by atoms with van der Waals surface area (Å²) >= 11 is 5.97. The van der Waals surface area contributed by atoms with Crippen LogP contribution in [0.15, 0.2) is 60.2 Å². The van der Waals surface area contributed by atoms with Gasteiger partial charge in [-0.05, 0) is 57.9 Å². The number of carbonyl (C=O) groups excluding carboxylic acids is 4. The summed E-state index contributed by atoms with van der Waals surface area (Å²) in [5.74, 6) is -2.90. The number of imide groups is 1. The van der Waals surface area contributed by atoms with Gasteiger partial charge in [0.15, 0.2) is 5.78 Å². The standard InChI is InChI=1S/C26H25ClN2O4/c1-15-4-7-18(8-5-15)23(30)17(3)28(24(31)19-9-11-20(27)12-10-19)29-25(32)21-13-6-16(2)14-22(21)26(29)33/h4-12,17,21-22H,13-14H2,1-3H3/t17-,21+,22+/m1/s1. The number of Topliss-reactive ketones (excluding diaryl/α,β-unsaturated/α-hetero) is 1. The van der Waals surface area contributed by atoms with Crippen LogP contribution in [0.2, 0.25) is 5.02 Å². The number of benzene rings is 2. The zero-order valence-electron chi connectivity index (χ0n) is 18.7. The molecule has 1 heterocycles. The molecule has 2 aromatic carbocycles. The number of nitrogens with zero attached hydrogens (tertiary/aromatic N) is 2. The van der Waals surface area contributed by atoms with Crippen molar-refractivity contribution >= 4 is 35.1 Å². The van der Waals surface area contributed by atoms with Crippen molar-refractivity contribution in [3.63, 3.8) is 0 Å². The maximum atomic E-state index is 13.6. The SMILES string of the molecule is CC1=CC[C@@H]2C(=O)N(N(C(=O)c3ccc(Cl)cc3)[C@H](C)C(=O)c3ccc(C)cc3)C(=O)[C@H]2C1. The Morgan fingerprint density at radius 2 is 1.52 bits per heavy atom. The second-order valence-corrected chi connectivity index (χ2v) is 9.19. The normalized spacial score (nSPS) is 20.8. The Hall–Kier alpha value is -3.25. The summed E-state index contributed by atoms with van der Waals surface area (Å²) in [5.41, 5.74) is 2.66. The van der Waals surface area contributed by atoms with Crippen LogP contribution in [0, 0.1) is 18.8 Å². The summed E-state index contributed by atoms with van der Waals surface area (Å²) in [6.45, 7) is 5.38. The molecule has 2 aromatic rings. The Morgan fingerprint density at radius 1 is 0.939 bits per heavy atom. The van der Waals surface area contributed by atoms with Gasteiger partial charge in [-0.2, -0.15) is 5.01 Å². The van der Waals surface area contributed by atoms with E-state index in [-0.39, 0.29) is 11.3 Å².